The van der Waals surface area contributed by atoms with E-state index in [9.17, 15) is 9.59 Å². The lowest BCUT2D eigenvalue weighted by Gasteiger charge is -2.39. The molecule has 25 heavy (non-hydrogen) atoms. The first-order chi connectivity index (χ1) is 12.0. The molecule has 2 unspecified atom stereocenters. The monoisotopic (exact) mass is 343 g/mol. The van der Waals surface area contributed by atoms with E-state index >= 15 is 0 Å². The summed E-state index contributed by atoms with van der Waals surface area (Å²) in [5.41, 5.74) is 1.98. The summed E-state index contributed by atoms with van der Waals surface area (Å²) in [6, 6.07) is 7.63. The van der Waals surface area contributed by atoms with Crippen molar-refractivity contribution in [2.24, 2.45) is 11.3 Å². The van der Waals surface area contributed by atoms with E-state index in [2.05, 4.69) is 16.0 Å². The maximum atomic E-state index is 13.0. The zero-order valence-corrected chi connectivity index (χ0v) is 15.2. The minimum Gasteiger partial charge on any atom is -0.349 e. The fourth-order valence-corrected chi connectivity index (χ4v) is 4.56. The molecule has 0 radical (unpaired) electrons. The quantitative estimate of drug-likeness (QED) is 0.787. The lowest BCUT2D eigenvalue weighted by molar-refractivity contribution is -0.129. The van der Waals surface area contributed by atoms with Crippen LogP contribution in [0, 0.1) is 11.3 Å². The summed E-state index contributed by atoms with van der Waals surface area (Å²) in [4.78, 5) is 24.2. The summed E-state index contributed by atoms with van der Waals surface area (Å²) in [5.74, 6) is 0.236. The summed E-state index contributed by atoms with van der Waals surface area (Å²) in [6.07, 6.45) is 5.56. The number of nitrogens with one attached hydrogen (secondary N) is 3. The highest BCUT2D eigenvalue weighted by Crippen LogP contribution is 2.49. The van der Waals surface area contributed by atoms with Gasteiger partial charge in [0.1, 0.15) is 0 Å². The topological polar surface area (TPSA) is 70.2 Å². The van der Waals surface area contributed by atoms with Crippen LogP contribution in [0.1, 0.15) is 57.6 Å². The Labute approximate surface area is 150 Å². The van der Waals surface area contributed by atoms with E-state index in [0.29, 0.717) is 0 Å². The van der Waals surface area contributed by atoms with Crippen LogP contribution in [0.5, 0.6) is 0 Å². The van der Waals surface area contributed by atoms with Crippen molar-refractivity contribution >= 4 is 17.5 Å². The van der Waals surface area contributed by atoms with Gasteiger partial charge in [0.15, 0.2) is 0 Å². The van der Waals surface area contributed by atoms with Gasteiger partial charge in [-0.1, -0.05) is 18.6 Å². The summed E-state index contributed by atoms with van der Waals surface area (Å²) >= 11 is 0. The molecular weight excluding hydrogens is 314 g/mol. The van der Waals surface area contributed by atoms with Gasteiger partial charge >= 0.3 is 0 Å². The van der Waals surface area contributed by atoms with Crippen LogP contribution in [0.25, 0.3) is 0 Å². The first-order valence-electron chi connectivity index (χ1n) is 9.39. The predicted octanol–water partition coefficient (Wildman–Crippen LogP) is 2.99. The molecule has 5 heteroatoms. The van der Waals surface area contributed by atoms with Crippen LogP contribution in [0.3, 0.4) is 0 Å². The van der Waals surface area contributed by atoms with Crippen LogP contribution in [0.4, 0.5) is 5.69 Å². The molecule has 136 valence electrons. The highest BCUT2D eigenvalue weighted by atomic mass is 16.2. The summed E-state index contributed by atoms with van der Waals surface area (Å²) in [7, 11) is 0. The van der Waals surface area contributed by atoms with Crippen LogP contribution in [-0.4, -0.2) is 24.9 Å². The third-order valence-electron chi connectivity index (χ3n) is 5.89. The number of amides is 2. The first-order valence-corrected chi connectivity index (χ1v) is 9.39. The molecule has 1 aromatic carbocycles. The van der Waals surface area contributed by atoms with Crippen molar-refractivity contribution < 1.29 is 9.59 Å². The first kappa shape index (κ1) is 17.9. The third kappa shape index (κ3) is 4.03. The van der Waals surface area contributed by atoms with E-state index in [0.717, 1.165) is 50.0 Å². The standard InChI is InChI=1S/C20H29N3O2/c1-14(16-5-3-6-17(13-16)23-15(2)24)22-19(25)18-7-4-8-20(18)9-11-21-12-10-20/h3,5-6,13-14,18,21H,4,7-12H2,1-2H3,(H,22,25)(H,23,24). The lowest BCUT2D eigenvalue weighted by Crippen LogP contribution is -2.45. The van der Waals surface area contributed by atoms with Gasteiger partial charge in [-0.25, -0.2) is 0 Å². The molecule has 1 aliphatic carbocycles. The van der Waals surface area contributed by atoms with Crippen molar-refractivity contribution in [3.63, 3.8) is 0 Å². The Hall–Kier alpha value is -1.88. The largest absolute Gasteiger partial charge is 0.349 e. The van der Waals surface area contributed by atoms with E-state index in [1.807, 2.05) is 31.2 Å². The molecule has 1 aliphatic heterocycles. The van der Waals surface area contributed by atoms with Gasteiger partial charge in [-0.3, -0.25) is 9.59 Å². The number of anilines is 1. The van der Waals surface area contributed by atoms with Crippen molar-refractivity contribution in [1.82, 2.24) is 10.6 Å². The Morgan fingerprint density at radius 3 is 2.72 bits per heavy atom. The van der Waals surface area contributed by atoms with Gasteiger partial charge in [-0.2, -0.15) is 0 Å². The van der Waals surface area contributed by atoms with Crippen molar-refractivity contribution in [2.45, 2.75) is 52.0 Å². The number of rotatable bonds is 4. The maximum absolute atomic E-state index is 13.0. The molecule has 1 heterocycles. The predicted molar refractivity (Wildman–Crippen MR) is 99.2 cm³/mol. The summed E-state index contributed by atoms with van der Waals surface area (Å²) in [6.45, 7) is 5.56. The van der Waals surface area contributed by atoms with Crippen LogP contribution in [0.15, 0.2) is 24.3 Å². The van der Waals surface area contributed by atoms with Gasteiger partial charge in [0.05, 0.1) is 6.04 Å². The molecule has 2 fully saturated rings. The van der Waals surface area contributed by atoms with E-state index in [4.69, 9.17) is 0 Å². The molecule has 5 nitrogen and oxygen atoms in total. The molecule has 1 spiro atoms. The van der Waals surface area contributed by atoms with E-state index in [1.165, 1.54) is 13.3 Å². The average Bonchev–Trinajstić information content (AvgIpc) is 2.98. The van der Waals surface area contributed by atoms with Gasteiger partial charge in [-0.15, -0.1) is 0 Å². The summed E-state index contributed by atoms with van der Waals surface area (Å²) < 4.78 is 0. The second-order valence-corrected chi connectivity index (χ2v) is 7.59. The minimum atomic E-state index is -0.0901. The highest BCUT2D eigenvalue weighted by molar-refractivity contribution is 5.88. The van der Waals surface area contributed by atoms with Crippen molar-refractivity contribution in [3.05, 3.63) is 29.8 Å². The molecule has 1 aromatic rings. The second kappa shape index (κ2) is 7.56. The molecule has 2 atom stereocenters. The smallest absolute Gasteiger partial charge is 0.224 e. The van der Waals surface area contributed by atoms with Crippen LogP contribution in [-0.2, 0) is 9.59 Å². The van der Waals surface area contributed by atoms with E-state index in [1.54, 1.807) is 0 Å². The van der Waals surface area contributed by atoms with Gasteiger partial charge in [0, 0.05) is 18.5 Å². The maximum Gasteiger partial charge on any atom is 0.224 e. The number of hydrogen-bond donors (Lipinski definition) is 3. The van der Waals surface area contributed by atoms with Gasteiger partial charge in [0.2, 0.25) is 11.8 Å². The third-order valence-corrected chi connectivity index (χ3v) is 5.89. The van der Waals surface area contributed by atoms with Crippen LogP contribution >= 0.6 is 0 Å². The Morgan fingerprint density at radius 1 is 1.24 bits per heavy atom. The number of carbonyl (C=O) groups excluding carboxylic acids is 2. The normalized spacial score (nSPS) is 23.2. The fraction of sp³-hybridized carbons (Fsp3) is 0.600. The number of piperidine rings is 1. The molecule has 0 aromatic heterocycles. The SMILES string of the molecule is CC(=O)Nc1cccc(C(C)NC(=O)C2CCCC23CCNCC3)c1. The molecule has 2 amide bonds. The number of carbonyl (C=O) groups is 2. The van der Waals surface area contributed by atoms with E-state index < -0.39 is 0 Å². The highest BCUT2D eigenvalue weighted by Gasteiger charge is 2.46. The van der Waals surface area contributed by atoms with Crippen molar-refractivity contribution in [2.75, 3.05) is 18.4 Å². The Morgan fingerprint density at radius 2 is 2.00 bits per heavy atom. The van der Waals surface area contributed by atoms with Crippen molar-refractivity contribution in [1.29, 1.82) is 0 Å². The zero-order valence-electron chi connectivity index (χ0n) is 15.2. The molecule has 1 saturated heterocycles. The van der Waals surface area contributed by atoms with Gasteiger partial charge < -0.3 is 16.0 Å². The van der Waals surface area contributed by atoms with Crippen LogP contribution < -0.4 is 16.0 Å². The Bertz CT molecular complexity index is 638. The molecule has 3 N–H and O–H groups in total. The molecule has 2 aliphatic rings. The average molecular weight is 343 g/mol. The molecule has 0 bridgehead atoms. The fourth-order valence-electron chi connectivity index (χ4n) is 4.56. The lowest BCUT2D eigenvalue weighted by atomic mass is 9.70. The zero-order chi connectivity index (χ0) is 17.9. The van der Waals surface area contributed by atoms with Gasteiger partial charge in [0.25, 0.3) is 0 Å². The number of benzene rings is 1. The van der Waals surface area contributed by atoms with Crippen molar-refractivity contribution in [3.8, 4) is 0 Å². The molecular formula is C20H29N3O2. The van der Waals surface area contributed by atoms with Gasteiger partial charge in [-0.05, 0) is 68.8 Å². The molecule has 1 saturated carbocycles. The molecule has 3 rings (SSSR count). The Balaban J connectivity index is 1.67. The second-order valence-electron chi connectivity index (χ2n) is 7.59. The minimum absolute atomic E-state index is 0.0689. The summed E-state index contributed by atoms with van der Waals surface area (Å²) in [5, 5.41) is 9.43. The van der Waals surface area contributed by atoms with Crippen LogP contribution in [0.2, 0.25) is 0 Å². The van der Waals surface area contributed by atoms with E-state index in [-0.39, 0.29) is 29.2 Å². The Kier molecular flexibility index (Phi) is 5.42. The number of hydrogen-bond acceptors (Lipinski definition) is 3.